The molecular weight excluding hydrogens is 488 g/mol. The van der Waals surface area contributed by atoms with Crippen LogP contribution < -0.4 is 5.32 Å². The Bertz CT molecular complexity index is 1100. The van der Waals surface area contributed by atoms with Gasteiger partial charge in [-0.2, -0.15) is 0 Å². The number of carbonyl (C=O) groups excluding carboxylic acids is 1. The van der Waals surface area contributed by atoms with E-state index in [4.69, 9.17) is 24.8 Å². The Kier molecular flexibility index (Phi) is 9.91. The molecule has 0 radical (unpaired) electrons. The van der Waals surface area contributed by atoms with Gasteiger partial charge in [-0.05, 0) is 23.9 Å². The van der Waals surface area contributed by atoms with E-state index >= 15 is 0 Å². The summed E-state index contributed by atoms with van der Waals surface area (Å²) in [5.74, 6) is -3.55. The smallest absolute Gasteiger partial charge is 0.414 e. The van der Waals surface area contributed by atoms with Crippen molar-refractivity contribution in [2.75, 3.05) is 32.7 Å². The van der Waals surface area contributed by atoms with Gasteiger partial charge in [-0.15, -0.1) is 22.7 Å². The van der Waals surface area contributed by atoms with Crippen LogP contribution in [0, 0.1) is 6.92 Å². The van der Waals surface area contributed by atoms with Gasteiger partial charge < -0.3 is 15.5 Å². The topological polar surface area (TPSA) is 123 Å². The van der Waals surface area contributed by atoms with Gasteiger partial charge in [0.15, 0.2) is 0 Å². The minimum absolute atomic E-state index is 0.0968. The molecule has 35 heavy (non-hydrogen) atoms. The summed E-state index contributed by atoms with van der Waals surface area (Å²) in [6, 6.07) is 12.5. The summed E-state index contributed by atoms with van der Waals surface area (Å²) in [7, 11) is 0. The normalized spacial score (nSPS) is 14.1. The lowest BCUT2D eigenvalue weighted by Crippen LogP contribution is -2.49. The molecule has 1 saturated heterocycles. The molecule has 0 spiro atoms. The van der Waals surface area contributed by atoms with Crippen LogP contribution in [0.1, 0.15) is 16.1 Å². The van der Waals surface area contributed by atoms with Crippen LogP contribution in [-0.4, -0.2) is 75.6 Å². The number of benzene rings is 1. The fourth-order valence-electron chi connectivity index (χ4n) is 3.38. The SMILES string of the molecule is Cc1ccc(CNC(=O)CN2CCN(Cc3nc(-c4cccs4)cs3)CC2)cc1.O=C(O)C(=O)O. The number of piperazine rings is 1. The molecule has 0 aliphatic carbocycles. The first-order valence-electron chi connectivity index (χ1n) is 11.0. The number of amides is 1. The number of carboxylic acid groups (broad SMARTS) is 2. The van der Waals surface area contributed by atoms with Crippen molar-refractivity contribution in [1.29, 1.82) is 0 Å². The molecule has 0 bridgehead atoms. The lowest BCUT2D eigenvalue weighted by Gasteiger charge is -2.33. The van der Waals surface area contributed by atoms with Crippen LogP contribution >= 0.6 is 22.7 Å². The number of aryl methyl sites for hydroxylation is 1. The Morgan fingerprint density at radius 3 is 2.23 bits per heavy atom. The molecule has 3 N–H and O–H groups in total. The van der Waals surface area contributed by atoms with Gasteiger partial charge >= 0.3 is 11.9 Å². The zero-order valence-corrected chi connectivity index (χ0v) is 21.0. The summed E-state index contributed by atoms with van der Waals surface area (Å²) in [4.78, 5) is 41.1. The molecule has 3 heterocycles. The molecule has 0 atom stereocenters. The third kappa shape index (κ3) is 8.87. The van der Waals surface area contributed by atoms with Gasteiger partial charge in [0, 0.05) is 38.1 Å². The molecule has 11 heteroatoms. The Morgan fingerprint density at radius 1 is 0.971 bits per heavy atom. The number of aromatic nitrogens is 1. The molecule has 4 rings (SSSR count). The summed E-state index contributed by atoms with van der Waals surface area (Å²) in [6.45, 7) is 7.80. The number of aliphatic carboxylic acids is 2. The molecule has 186 valence electrons. The molecule has 1 fully saturated rings. The molecule has 0 unspecified atom stereocenters. The molecule has 3 aromatic rings. The number of nitrogens with one attached hydrogen (secondary N) is 1. The van der Waals surface area contributed by atoms with Crippen molar-refractivity contribution in [3.63, 3.8) is 0 Å². The molecule has 1 aliphatic heterocycles. The number of carboxylic acids is 2. The van der Waals surface area contributed by atoms with Crippen molar-refractivity contribution < 1.29 is 24.6 Å². The van der Waals surface area contributed by atoms with E-state index in [1.54, 1.807) is 22.7 Å². The number of thiophene rings is 1. The van der Waals surface area contributed by atoms with E-state index < -0.39 is 11.9 Å². The minimum atomic E-state index is -1.82. The number of carbonyl (C=O) groups is 3. The highest BCUT2D eigenvalue weighted by Crippen LogP contribution is 2.26. The Labute approximate surface area is 211 Å². The van der Waals surface area contributed by atoms with Crippen molar-refractivity contribution >= 4 is 40.5 Å². The Hall–Kier alpha value is -3.12. The fourth-order valence-corrected chi connectivity index (χ4v) is 4.98. The summed E-state index contributed by atoms with van der Waals surface area (Å²) < 4.78 is 0. The number of thiazole rings is 1. The summed E-state index contributed by atoms with van der Waals surface area (Å²) in [5, 5.41) is 23.2. The Morgan fingerprint density at radius 2 is 1.63 bits per heavy atom. The highest BCUT2D eigenvalue weighted by molar-refractivity contribution is 7.14. The van der Waals surface area contributed by atoms with Gasteiger partial charge in [0.25, 0.3) is 0 Å². The number of hydrogen-bond acceptors (Lipinski definition) is 8. The third-order valence-corrected chi connectivity index (χ3v) is 7.04. The first-order valence-corrected chi connectivity index (χ1v) is 12.8. The van der Waals surface area contributed by atoms with Crippen LogP contribution in [0.25, 0.3) is 10.6 Å². The molecular formula is C24H28N4O5S2. The highest BCUT2D eigenvalue weighted by atomic mass is 32.1. The van der Waals surface area contributed by atoms with Crippen LogP contribution in [0.2, 0.25) is 0 Å². The maximum absolute atomic E-state index is 12.3. The molecule has 9 nitrogen and oxygen atoms in total. The minimum Gasteiger partial charge on any atom is -0.473 e. The predicted octanol–water partition coefficient (Wildman–Crippen LogP) is 2.77. The quantitative estimate of drug-likeness (QED) is 0.410. The summed E-state index contributed by atoms with van der Waals surface area (Å²) in [6.07, 6.45) is 0. The molecule has 0 saturated carbocycles. The van der Waals surface area contributed by atoms with Gasteiger partial charge in [-0.25, -0.2) is 14.6 Å². The van der Waals surface area contributed by atoms with Crippen LogP contribution in [0.15, 0.2) is 47.2 Å². The monoisotopic (exact) mass is 516 g/mol. The lowest BCUT2D eigenvalue weighted by molar-refractivity contribution is -0.159. The van der Waals surface area contributed by atoms with Crippen molar-refractivity contribution in [2.24, 2.45) is 0 Å². The zero-order valence-electron chi connectivity index (χ0n) is 19.3. The fraction of sp³-hybridized carbons (Fsp3) is 0.333. The van der Waals surface area contributed by atoms with Crippen molar-refractivity contribution in [3.05, 3.63) is 63.3 Å². The first-order chi connectivity index (χ1) is 16.8. The standard InChI is InChI=1S/C22H26N4OS2.C2H2O4/c1-17-4-6-18(7-5-17)13-23-21(27)14-25-8-10-26(11-9-25)15-22-24-19(16-29-22)20-3-2-12-28-20;3-1(4)2(5)6/h2-7,12,16H,8-11,13-15H2,1H3,(H,23,27);(H,3,4)(H,5,6). The third-order valence-electron chi connectivity index (χ3n) is 5.31. The number of rotatable bonds is 7. The van der Waals surface area contributed by atoms with Gasteiger partial charge in [0.1, 0.15) is 5.01 Å². The largest absolute Gasteiger partial charge is 0.473 e. The molecule has 1 aromatic carbocycles. The number of hydrogen-bond donors (Lipinski definition) is 3. The zero-order chi connectivity index (χ0) is 25.2. The number of nitrogens with zero attached hydrogens (tertiary/aromatic N) is 3. The van der Waals surface area contributed by atoms with Gasteiger partial charge in [0.05, 0.1) is 23.7 Å². The van der Waals surface area contributed by atoms with E-state index in [2.05, 4.69) is 69.2 Å². The van der Waals surface area contributed by atoms with E-state index in [9.17, 15) is 4.79 Å². The van der Waals surface area contributed by atoms with Crippen molar-refractivity contribution in [1.82, 2.24) is 20.1 Å². The van der Waals surface area contributed by atoms with Crippen LogP contribution in [0.5, 0.6) is 0 Å². The second kappa shape index (κ2) is 13.1. The van der Waals surface area contributed by atoms with E-state index in [-0.39, 0.29) is 5.91 Å². The van der Waals surface area contributed by atoms with Crippen LogP contribution in [0.4, 0.5) is 0 Å². The van der Waals surface area contributed by atoms with Gasteiger partial charge in [-0.3, -0.25) is 14.6 Å². The van der Waals surface area contributed by atoms with Gasteiger partial charge in [-0.1, -0.05) is 35.9 Å². The van der Waals surface area contributed by atoms with E-state index in [1.807, 2.05) is 0 Å². The summed E-state index contributed by atoms with van der Waals surface area (Å²) in [5.41, 5.74) is 3.46. The maximum atomic E-state index is 12.3. The summed E-state index contributed by atoms with van der Waals surface area (Å²) >= 11 is 3.46. The molecule has 1 amide bonds. The predicted molar refractivity (Wildman–Crippen MR) is 135 cm³/mol. The molecule has 1 aliphatic rings. The van der Waals surface area contributed by atoms with Crippen LogP contribution in [0.3, 0.4) is 0 Å². The first kappa shape index (κ1) is 26.5. The average Bonchev–Trinajstić information content (AvgIpc) is 3.53. The van der Waals surface area contributed by atoms with Crippen molar-refractivity contribution in [3.8, 4) is 10.6 Å². The molecule has 2 aromatic heterocycles. The second-order valence-electron chi connectivity index (χ2n) is 8.03. The Balaban J connectivity index is 0.000000509. The maximum Gasteiger partial charge on any atom is 0.414 e. The average molecular weight is 517 g/mol. The van der Waals surface area contributed by atoms with Gasteiger partial charge in [0.2, 0.25) is 5.91 Å². The van der Waals surface area contributed by atoms with E-state index in [1.165, 1.54) is 10.4 Å². The van der Waals surface area contributed by atoms with Crippen molar-refractivity contribution in [2.45, 2.75) is 20.0 Å². The highest BCUT2D eigenvalue weighted by Gasteiger charge is 2.20. The van der Waals surface area contributed by atoms with E-state index in [0.29, 0.717) is 13.1 Å². The lowest BCUT2D eigenvalue weighted by atomic mass is 10.1. The van der Waals surface area contributed by atoms with E-state index in [0.717, 1.165) is 49.0 Å². The van der Waals surface area contributed by atoms with Crippen LogP contribution in [-0.2, 0) is 27.5 Å². The second-order valence-corrected chi connectivity index (χ2v) is 9.92.